The van der Waals surface area contributed by atoms with Gasteiger partial charge in [0.1, 0.15) is 0 Å². The molecule has 1 nitrogen and oxygen atoms in total. The molecule has 0 aliphatic carbocycles. The molecule has 0 fully saturated rings. The standard InChI is InChI=1S/C46H31NS/c1-3-12-32(13-4-1)34-22-24-35(25-23-34)36-26-28-39(29-27-36)47(40-18-11-17-37(30-40)33-14-5-2-6-15-33)43-31-38-16-7-8-19-41(38)45-42-20-9-10-21-44(42)48-46(43)45/h1-31H. The highest BCUT2D eigenvalue weighted by atomic mass is 32.1. The van der Waals surface area contributed by atoms with Gasteiger partial charge in [0.15, 0.2) is 0 Å². The van der Waals surface area contributed by atoms with E-state index in [1.54, 1.807) is 0 Å². The number of hydrogen-bond donors (Lipinski definition) is 0. The molecule has 0 N–H and O–H groups in total. The van der Waals surface area contributed by atoms with Crippen molar-refractivity contribution in [2.24, 2.45) is 0 Å². The molecule has 1 aromatic heterocycles. The van der Waals surface area contributed by atoms with Crippen molar-refractivity contribution in [1.29, 1.82) is 0 Å². The number of nitrogens with zero attached hydrogens (tertiary/aromatic N) is 1. The van der Waals surface area contributed by atoms with Crippen LogP contribution >= 0.6 is 11.3 Å². The van der Waals surface area contributed by atoms with Crippen LogP contribution in [0.4, 0.5) is 17.1 Å². The smallest absolute Gasteiger partial charge is 0.0646 e. The third-order valence-electron chi connectivity index (χ3n) is 9.25. The largest absolute Gasteiger partial charge is 0.309 e. The highest BCUT2D eigenvalue weighted by Gasteiger charge is 2.21. The average molecular weight is 630 g/mol. The Bertz CT molecular complexity index is 2530. The van der Waals surface area contributed by atoms with E-state index in [0.717, 1.165) is 11.4 Å². The average Bonchev–Trinajstić information content (AvgIpc) is 3.57. The monoisotopic (exact) mass is 629 g/mol. The zero-order chi connectivity index (χ0) is 31.9. The van der Waals surface area contributed by atoms with Gasteiger partial charge in [0.25, 0.3) is 0 Å². The predicted octanol–water partition coefficient (Wildman–Crippen LogP) is 13.7. The lowest BCUT2D eigenvalue weighted by molar-refractivity contribution is 1.30. The van der Waals surface area contributed by atoms with Crippen molar-refractivity contribution in [1.82, 2.24) is 0 Å². The summed E-state index contributed by atoms with van der Waals surface area (Å²) >= 11 is 1.88. The first-order valence-electron chi connectivity index (χ1n) is 16.3. The van der Waals surface area contributed by atoms with E-state index >= 15 is 0 Å². The van der Waals surface area contributed by atoms with E-state index < -0.39 is 0 Å². The second-order valence-corrected chi connectivity index (χ2v) is 13.2. The van der Waals surface area contributed by atoms with Crippen LogP contribution in [0.25, 0.3) is 64.3 Å². The SMILES string of the molecule is c1ccc(-c2ccc(-c3ccc(N(c4cccc(-c5ccccc5)c4)c4cc5ccccc5c5c4sc4ccccc45)cc3)cc2)cc1. The number of thiophene rings is 1. The quantitative estimate of drug-likeness (QED) is 0.177. The van der Waals surface area contributed by atoms with Crippen LogP contribution in [-0.4, -0.2) is 0 Å². The Morgan fingerprint density at radius 2 is 0.875 bits per heavy atom. The molecular formula is C46H31NS. The molecule has 0 saturated carbocycles. The molecule has 2 heteroatoms. The molecule has 9 aromatic rings. The van der Waals surface area contributed by atoms with Gasteiger partial charge in [0.05, 0.1) is 10.4 Å². The molecule has 8 aromatic carbocycles. The van der Waals surface area contributed by atoms with Crippen LogP contribution in [0.5, 0.6) is 0 Å². The zero-order valence-corrected chi connectivity index (χ0v) is 27.1. The fourth-order valence-electron chi connectivity index (χ4n) is 6.89. The molecule has 48 heavy (non-hydrogen) atoms. The fourth-order valence-corrected chi connectivity index (χ4v) is 8.12. The molecule has 0 unspecified atom stereocenters. The summed E-state index contributed by atoms with van der Waals surface area (Å²) in [5, 5.41) is 5.16. The third kappa shape index (κ3) is 5.04. The van der Waals surface area contributed by atoms with E-state index in [2.05, 4.69) is 193 Å². The Balaban J connectivity index is 1.22. The molecule has 1 heterocycles. The Kier molecular flexibility index (Phi) is 7.07. The number of hydrogen-bond acceptors (Lipinski definition) is 2. The van der Waals surface area contributed by atoms with Crippen LogP contribution in [0.15, 0.2) is 188 Å². The molecule has 0 bridgehead atoms. The highest BCUT2D eigenvalue weighted by Crippen LogP contribution is 2.48. The second-order valence-electron chi connectivity index (χ2n) is 12.2. The Hall–Kier alpha value is -5.96. The first kappa shape index (κ1) is 28.3. The summed E-state index contributed by atoms with van der Waals surface area (Å²) in [5.74, 6) is 0. The van der Waals surface area contributed by atoms with Crippen LogP contribution < -0.4 is 4.90 Å². The minimum Gasteiger partial charge on any atom is -0.309 e. The van der Waals surface area contributed by atoms with Crippen LogP contribution in [0.3, 0.4) is 0 Å². The van der Waals surface area contributed by atoms with Gasteiger partial charge >= 0.3 is 0 Å². The maximum absolute atomic E-state index is 2.44. The van der Waals surface area contributed by atoms with E-state index in [9.17, 15) is 0 Å². The molecule has 226 valence electrons. The number of rotatable bonds is 6. The summed E-state index contributed by atoms with van der Waals surface area (Å²) in [5.41, 5.74) is 10.7. The van der Waals surface area contributed by atoms with E-state index in [0.29, 0.717) is 0 Å². The lowest BCUT2D eigenvalue weighted by atomic mass is 9.99. The molecule has 0 atom stereocenters. The summed E-state index contributed by atoms with van der Waals surface area (Å²) in [6.07, 6.45) is 0. The van der Waals surface area contributed by atoms with Gasteiger partial charge in [0, 0.05) is 26.8 Å². The van der Waals surface area contributed by atoms with Crippen LogP contribution in [0.1, 0.15) is 0 Å². The minimum absolute atomic E-state index is 1.12. The molecule has 0 saturated heterocycles. The summed E-state index contributed by atoms with van der Waals surface area (Å²) in [4.78, 5) is 2.44. The summed E-state index contributed by atoms with van der Waals surface area (Å²) in [7, 11) is 0. The van der Waals surface area contributed by atoms with Crippen molar-refractivity contribution in [3.05, 3.63) is 188 Å². The van der Waals surface area contributed by atoms with E-state index in [4.69, 9.17) is 0 Å². The van der Waals surface area contributed by atoms with E-state index in [-0.39, 0.29) is 0 Å². The van der Waals surface area contributed by atoms with Gasteiger partial charge in [0.2, 0.25) is 0 Å². The molecule has 0 amide bonds. The normalized spacial score (nSPS) is 11.3. The first-order chi connectivity index (χ1) is 23.8. The molecule has 0 aliphatic heterocycles. The van der Waals surface area contributed by atoms with Gasteiger partial charge in [-0.25, -0.2) is 0 Å². The van der Waals surface area contributed by atoms with Gasteiger partial charge in [-0.3, -0.25) is 0 Å². The van der Waals surface area contributed by atoms with E-state index in [1.807, 2.05) is 11.3 Å². The van der Waals surface area contributed by atoms with Crippen LogP contribution in [0.2, 0.25) is 0 Å². The van der Waals surface area contributed by atoms with Crippen molar-refractivity contribution in [3.8, 4) is 33.4 Å². The molecule has 0 spiro atoms. The van der Waals surface area contributed by atoms with Crippen molar-refractivity contribution >= 4 is 59.3 Å². The van der Waals surface area contributed by atoms with Crippen molar-refractivity contribution in [2.45, 2.75) is 0 Å². The Morgan fingerprint density at radius 1 is 0.354 bits per heavy atom. The van der Waals surface area contributed by atoms with Crippen molar-refractivity contribution < 1.29 is 0 Å². The highest BCUT2D eigenvalue weighted by molar-refractivity contribution is 7.26. The van der Waals surface area contributed by atoms with Crippen molar-refractivity contribution in [2.75, 3.05) is 4.90 Å². The topological polar surface area (TPSA) is 3.24 Å². The second kappa shape index (κ2) is 12.0. The first-order valence-corrected chi connectivity index (χ1v) is 17.2. The lowest BCUT2D eigenvalue weighted by Crippen LogP contribution is -2.10. The van der Waals surface area contributed by atoms with Gasteiger partial charge in [-0.2, -0.15) is 0 Å². The Labute approximate surface area is 284 Å². The predicted molar refractivity (Wildman–Crippen MR) is 208 cm³/mol. The van der Waals surface area contributed by atoms with Gasteiger partial charge in [-0.15, -0.1) is 11.3 Å². The summed E-state index contributed by atoms with van der Waals surface area (Å²) in [6.45, 7) is 0. The number of benzene rings is 8. The van der Waals surface area contributed by atoms with Crippen molar-refractivity contribution in [3.63, 3.8) is 0 Å². The van der Waals surface area contributed by atoms with Crippen LogP contribution in [-0.2, 0) is 0 Å². The van der Waals surface area contributed by atoms with Gasteiger partial charge in [-0.05, 0) is 80.6 Å². The zero-order valence-electron chi connectivity index (χ0n) is 26.3. The molecule has 0 radical (unpaired) electrons. The van der Waals surface area contributed by atoms with Crippen LogP contribution in [0, 0.1) is 0 Å². The lowest BCUT2D eigenvalue weighted by Gasteiger charge is -2.27. The molecule has 0 aliphatic rings. The minimum atomic E-state index is 1.12. The van der Waals surface area contributed by atoms with Gasteiger partial charge in [-0.1, -0.05) is 152 Å². The molecular weight excluding hydrogens is 599 g/mol. The maximum Gasteiger partial charge on any atom is 0.0646 e. The van der Waals surface area contributed by atoms with E-state index in [1.165, 1.54) is 70.0 Å². The fraction of sp³-hybridized carbons (Fsp3) is 0. The Morgan fingerprint density at radius 3 is 1.56 bits per heavy atom. The third-order valence-corrected chi connectivity index (χ3v) is 10.4. The number of fused-ring (bicyclic) bond motifs is 5. The molecule has 9 rings (SSSR count). The maximum atomic E-state index is 2.44. The van der Waals surface area contributed by atoms with Gasteiger partial charge < -0.3 is 4.90 Å². The number of anilines is 3. The summed E-state index contributed by atoms with van der Waals surface area (Å²) in [6, 6.07) is 68.0. The summed E-state index contributed by atoms with van der Waals surface area (Å²) < 4.78 is 2.60.